The highest BCUT2D eigenvalue weighted by Gasteiger charge is 2.31. The number of thioether (sulfide) groups is 1. The van der Waals surface area contributed by atoms with E-state index in [2.05, 4.69) is 11.6 Å². The van der Waals surface area contributed by atoms with Gasteiger partial charge in [-0.05, 0) is 37.7 Å². The van der Waals surface area contributed by atoms with Gasteiger partial charge in [-0.2, -0.15) is 11.8 Å². The van der Waals surface area contributed by atoms with Crippen LogP contribution in [0.1, 0.15) is 25.5 Å². The van der Waals surface area contributed by atoms with Gasteiger partial charge in [0.1, 0.15) is 12.4 Å². The molecule has 2 heterocycles. The lowest BCUT2D eigenvalue weighted by molar-refractivity contribution is 0.236. The summed E-state index contributed by atoms with van der Waals surface area (Å²) in [5.74, 6) is 1.32. The molecule has 1 saturated heterocycles. The molecule has 0 aromatic carbocycles. The maximum absolute atomic E-state index is 12.0. The molecule has 102 valence electrons. The van der Waals surface area contributed by atoms with Gasteiger partial charge in [-0.3, -0.25) is 0 Å². The summed E-state index contributed by atoms with van der Waals surface area (Å²) in [5.41, 5.74) is 0. The molecule has 1 atom stereocenters. The van der Waals surface area contributed by atoms with Gasteiger partial charge >= 0.3 is 0 Å². The zero-order valence-corrected chi connectivity index (χ0v) is 11.8. The first kappa shape index (κ1) is 13.9. The van der Waals surface area contributed by atoms with Crippen LogP contribution in [0.2, 0.25) is 0 Å². The number of aliphatic hydroxyl groups is 1. The summed E-state index contributed by atoms with van der Waals surface area (Å²) in [7, 11) is -3.62. The van der Waals surface area contributed by atoms with Crippen LogP contribution in [-0.2, 0) is 16.6 Å². The minimum atomic E-state index is -3.62. The molecule has 0 amide bonds. The van der Waals surface area contributed by atoms with Crippen LogP contribution >= 0.6 is 11.8 Å². The van der Waals surface area contributed by atoms with Gasteiger partial charge in [0.25, 0.3) is 10.0 Å². The predicted molar refractivity (Wildman–Crippen MR) is 69.9 cm³/mol. The minimum absolute atomic E-state index is 0.0283. The molecular formula is C11H17NO4S2. The first-order valence-corrected chi connectivity index (χ1v) is 8.25. The molecule has 1 aromatic rings. The molecule has 0 radical (unpaired) electrons. The minimum Gasteiger partial charge on any atom is -0.446 e. The van der Waals surface area contributed by atoms with Crippen molar-refractivity contribution in [2.75, 3.05) is 12.3 Å². The van der Waals surface area contributed by atoms with E-state index in [1.54, 1.807) is 11.8 Å². The number of hydrogen-bond acceptors (Lipinski definition) is 5. The summed E-state index contributed by atoms with van der Waals surface area (Å²) < 4.78 is 31.5. The Morgan fingerprint density at radius 2 is 2.33 bits per heavy atom. The highest BCUT2D eigenvalue weighted by molar-refractivity contribution is 8.01. The van der Waals surface area contributed by atoms with Crippen molar-refractivity contribution in [2.24, 2.45) is 0 Å². The Morgan fingerprint density at radius 3 is 2.89 bits per heavy atom. The summed E-state index contributed by atoms with van der Waals surface area (Å²) in [6.45, 7) is 2.16. The maximum atomic E-state index is 12.0. The fourth-order valence-corrected chi connectivity index (χ4v) is 4.33. The Hall–Kier alpha value is -0.500. The van der Waals surface area contributed by atoms with Crippen molar-refractivity contribution in [1.29, 1.82) is 0 Å². The molecule has 1 aliphatic rings. The number of aliphatic hydroxyl groups excluding tert-OH is 1. The topological polar surface area (TPSA) is 79.5 Å². The van der Waals surface area contributed by atoms with Crippen LogP contribution in [0.5, 0.6) is 0 Å². The van der Waals surface area contributed by atoms with Gasteiger partial charge in [0, 0.05) is 11.3 Å². The van der Waals surface area contributed by atoms with Crippen molar-refractivity contribution < 1.29 is 17.9 Å². The highest BCUT2D eigenvalue weighted by atomic mass is 32.2. The third kappa shape index (κ3) is 3.09. The second-order valence-corrected chi connectivity index (χ2v) is 7.99. The van der Waals surface area contributed by atoms with Crippen molar-refractivity contribution in [3.05, 3.63) is 17.9 Å². The number of rotatable bonds is 5. The fourth-order valence-electron chi connectivity index (χ4n) is 1.88. The smallest absolute Gasteiger partial charge is 0.274 e. The maximum Gasteiger partial charge on any atom is 0.274 e. The van der Waals surface area contributed by atoms with Gasteiger partial charge in [0.2, 0.25) is 5.09 Å². The number of nitrogens with one attached hydrogen (secondary N) is 1. The molecule has 18 heavy (non-hydrogen) atoms. The first-order valence-electron chi connectivity index (χ1n) is 5.78. The van der Waals surface area contributed by atoms with Gasteiger partial charge in [-0.1, -0.05) is 0 Å². The van der Waals surface area contributed by atoms with Crippen molar-refractivity contribution >= 4 is 21.8 Å². The van der Waals surface area contributed by atoms with E-state index < -0.39 is 10.0 Å². The van der Waals surface area contributed by atoms with Gasteiger partial charge in [0.05, 0.1) is 0 Å². The van der Waals surface area contributed by atoms with Crippen molar-refractivity contribution in [3.63, 3.8) is 0 Å². The third-order valence-electron chi connectivity index (χ3n) is 2.99. The summed E-state index contributed by atoms with van der Waals surface area (Å²) in [4.78, 5) is 0. The SMILES string of the molecule is CC1(CNS(=O)(=O)c2ccc(CO)o2)CCCS1. The van der Waals surface area contributed by atoms with Gasteiger partial charge in [-0.15, -0.1) is 0 Å². The van der Waals surface area contributed by atoms with E-state index in [4.69, 9.17) is 9.52 Å². The van der Waals surface area contributed by atoms with Crippen LogP contribution in [-0.4, -0.2) is 30.6 Å². The fraction of sp³-hybridized carbons (Fsp3) is 0.636. The molecular weight excluding hydrogens is 274 g/mol. The van der Waals surface area contributed by atoms with Crippen LogP contribution in [0.25, 0.3) is 0 Å². The van der Waals surface area contributed by atoms with Gasteiger partial charge in [0.15, 0.2) is 0 Å². The van der Waals surface area contributed by atoms with E-state index in [-0.39, 0.29) is 22.2 Å². The predicted octanol–water partition coefficient (Wildman–Crippen LogP) is 1.34. The molecule has 0 aliphatic carbocycles. The lowest BCUT2D eigenvalue weighted by atomic mass is 10.1. The molecule has 1 aliphatic heterocycles. The van der Waals surface area contributed by atoms with Crippen molar-refractivity contribution in [1.82, 2.24) is 4.72 Å². The number of furan rings is 1. The summed E-state index contributed by atoms with van der Waals surface area (Å²) in [5, 5.41) is 8.71. The van der Waals surface area contributed by atoms with Crippen molar-refractivity contribution in [2.45, 2.75) is 36.2 Å². The second kappa shape index (κ2) is 5.24. The van der Waals surface area contributed by atoms with E-state index in [1.807, 2.05) is 0 Å². The monoisotopic (exact) mass is 291 g/mol. The van der Waals surface area contributed by atoms with E-state index >= 15 is 0 Å². The standard InChI is InChI=1S/C11H17NO4S2/c1-11(5-2-6-17-11)8-12-18(14,15)10-4-3-9(7-13)16-10/h3-4,12-13H,2,5-8H2,1H3. The Labute approximate surface area is 111 Å². The molecule has 2 N–H and O–H groups in total. The average molecular weight is 291 g/mol. The summed E-state index contributed by atoms with van der Waals surface area (Å²) in [6.07, 6.45) is 2.14. The molecule has 0 spiro atoms. The average Bonchev–Trinajstić information content (AvgIpc) is 2.96. The third-order valence-corrected chi connectivity index (χ3v) is 5.81. The zero-order valence-electron chi connectivity index (χ0n) is 10.2. The van der Waals surface area contributed by atoms with E-state index in [1.165, 1.54) is 12.1 Å². The lowest BCUT2D eigenvalue weighted by Crippen LogP contribution is -2.36. The molecule has 1 fully saturated rings. The number of hydrogen-bond donors (Lipinski definition) is 2. The van der Waals surface area contributed by atoms with E-state index in [0.717, 1.165) is 18.6 Å². The Balaban J connectivity index is 2.03. The Bertz CT molecular complexity index is 503. The van der Waals surface area contributed by atoms with Crippen LogP contribution in [0.4, 0.5) is 0 Å². The summed E-state index contributed by atoms with van der Waals surface area (Å²) in [6, 6.07) is 2.82. The van der Waals surface area contributed by atoms with Crippen LogP contribution in [0.3, 0.4) is 0 Å². The lowest BCUT2D eigenvalue weighted by Gasteiger charge is -2.22. The van der Waals surface area contributed by atoms with Gasteiger partial charge < -0.3 is 9.52 Å². The quantitative estimate of drug-likeness (QED) is 0.855. The van der Waals surface area contributed by atoms with E-state index in [0.29, 0.717) is 6.54 Å². The zero-order chi connectivity index (χ0) is 13.2. The molecule has 0 saturated carbocycles. The largest absolute Gasteiger partial charge is 0.446 e. The molecule has 2 rings (SSSR count). The number of sulfonamides is 1. The molecule has 1 unspecified atom stereocenters. The first-order chi connectivity index (χ1) is 8.45. The second-order valence-electron chi connectivity index (χ2n) is 4.61. The molecule has 5 nitrogen and oxygen atoms in total. The highest BCUT2D eigenvalue weighted by Crippen LogP contribution is 2.37. The van der Waals surface area contributed by atoms with Crippen molar-refractivity contribution in [3.8, 4) is 0 Å². The molecule has 0 bridgehead atoms. The van der Waals surface area contributed by atoms with Crippen LogP contribution < -0.4 is 4.72 Å². The van der Waals surface area contributed by atoms with Crippen LogP contribution in [0.15, 0.2) is 21.6 Å². The van der Waals surface area contributed by atoms with E-state index in [9.17, 15) is 8.42 Å². The molecule has 7 heteroatoms. The Kier molecular flexibility index (Phi) is 4.05. The normalized spacial score (nSPS) is 24.6. The molecule has 1 aromatic heterocycles. The Morgan fingerprint density at radius 1 is 1.56 bits per heavy atom. The van der Waals surface area contributed by atoms with Gasteiger partial charge in [-0.25, -0.2) is 13.1 Å². The summed E-state index contributed by atoms with van der Waals surface area (Å²) >= 11 is 1.79. The van der Waals surface area contributed by atoms with Crippen LogP contribution in [0, 0.1) is 0 Å².